The van der Waals surface area contributed by atoms with Crippen molar-refractivity contribution in [2.75, 3.05) is 7.11 Å². The summed E-state index contributed by atoms with van der Waals surface area (Å²) in [6, 6.07) is 7.91. The van der Waals surface area contributed by atoms with Crippen LogP contribution in [0.1, 0.15) is 31.7 Å². The molecule has 1 aromatic rings. The van der Waals surface area contributed by atoms with Gasteiger partial charge in [0.2, 0.25) is 0 Å². The van der Waals surface area contributed by atoms with Crippen LogP contribution in [-0.2, 0) is 4.79 Å². The summed E-state index contributed by atoms with van der Waals surface area (Å²) in [5.74, 6) is 0.689. The van der Waals surface area contributed by atoms with E-state index < -0.39 is 5.60 Å². The molecule has 106 valence electrons. The molecule has 3 heteroatoms. The molecule has 3 aliphatic rings. The zero-order chi connectivity index (χ0) is 14.5. The molecule has 20 heavy (non-hydrogen) atoms. The third-order valence-electron chi connectivity index (χ3n) is 4.91. The molecule has 3 unspecified atom stereocenters. The number of carbonyl (C=O) groups is 1. The SMILES string of the molecule is COc1ccc(C2CC3C=C(C)[C@H]2C(=O)C3(C)O)cc1. The summed E-state index contributed by atoms with van der Waals surface area (Å²) in [4.78, 5) is 12.5. The first kappa shape index (κ1) is 13.4. The van der Waals surface area contributed by atoms with Gasteiger partial charge < -0.3 is 9.84 Å². The Bertz CT molecular complexity index is 568. The van der Waals surface area contributed by atoms with Crippen molar-refractivity contribution < 1.29 is 14.6 Å². The van der Waals surface area contributed by atoms with E-state index >= 15 is 0 Å². The van der Waals surface area contributed by atoms with Crippen molar-refractivity contribution in [2.45, 2.75) is 31.8 Å². The van der Waals surface area contributed by atoms with Gasteiger partial charge in [0, 0.05) is 11.8 Å². The van der Waals surface area contributed by atoms with E-state index in [4.69, 9.17) is 4.74 Å². The van der Waals surface area contributed by atoms with Gasteiger partial charge in [-0.3, -0.25) is 4.79 Å². The largest absolute Gasteiger partial charge is 0.497 e. The van der Waals surface area contributed by atoms with Crippen molar-refractivity contribution in [3.8, 4) is 5.75 Å². The first-order valence-electron chi connectivity index (χ1n) is 7.04. The van der Waals surface area contributed by atoms with Crippen LogP contribution in [0, 0.1) is 11.8 Å². The topological polar surface area (TPSA) is 46.5 Å². The summed E-state index contributed by atoms with van der Waals surface area (Å²) in [5.41, 5.74) is 1.04. The zero-order valence-electron chi connectivity index (χ0n) is 12.1. The van der Waals surface area contributed by atoms with Crippen molar-refractivity contribution in [1.82, 2.24) is 0 Å². The molecule has 1 aromatic carbocycles. The second-order valence-electron chi connectivity index (χ2n) is 6.12. The quantitative estimate of drug-likeness (QED) is 0.842. The number of hydrogen-bond donors (Lipinski definition) is 1. The van der Waals surface area contributed by atoms with Gasteiger partial charge in [-0.2, -0.15) is 0 Å². The van der Waals surface area contributed by atoms with Crippen LogP contribution in [0.15, 0.2) is 35.9 Å². The lowest BCUT2D eigenvalue weighted by molar-refractivity contribution is -0.150. The maximum atomic E-state index is 12.5. The fourth-order valence-electron chi connectivity index (χ4n) is 3.67. The maximum absolute atomic E-state index is 12.5. The van der Waals surface area contributed by atoms with Crippen LogP contribution in [-0.4, -0.2) is 23.6 Å². The average Bonchev–Trinajstić information content (AvgIpc) is 2.44. The number of Topliss-reactive ketones (excluding diaryl/α,β-unsaturated/α-hetero) is 1. The van der Waals surface area contributed by atoms with E-state index in [1.54, 1.807) is 14.0 Å². The highest BCUT2D eigenvalue weighted by Crippen LogP contribution is 2.51. The van der Waals surface area contributed by atoms with E-state index in [1.165, 1.54) is 0 Å². The number of carbonyl (C=O) groups excluding carboxylic acids is 1. The first-order valence-corrected chi connectivity index (χ1v) is 7.04. The number of hydrogen-bond acceptors (Lipinski definition) is 3. The van der Waals surface area contributed by atoms with Gasteiger partial charge in [0.15, 0.2) is 5.78 Å². The van der Waals surface area contributed by atoms with Crippen molar-refractivity contribution in [1.29, 1.82) is 0 Å². The molecular weight excluding hydrogens is 252 g/mol. The van der Waals surface area contributed by atoms with Crippen LogP contribution in [0.25, 0.3) is 0 Å². The van der Waals surface area contributed by atoms with Crippen molar-refractivity contribution in [3.05, 3.63) is 41.5 Å². The summed E-state index contributed by atoms with van der Waals surface area (Å²) in [5, 5.41) is 10.4. The summed E-state index contributed by atoms with van der Waals surface area (Å²) >= 11 is 0. The average molecular weight is 272 g/mol. The van der Waals surface area contributed by atoms with Crippen molar-refractivity contribution in [3.63, 3.8) is 0 Å². The smallest absolute Gasteiger partial charge is 0.172 e. The summed E-state index contributed by atoms with van der Waals surface area (Å²) < 4.78 is 5.18. The molecule has 0 radical (unpaired) electrons. The van der Waals surface area contributed by atoms with E-state index in [-0.39, 0.29) is 23.5 Å². The van der Waals surface area contributed by atoms with E-state index in [0.717, 1.165) is 23.3 Å². The molecular formula is C17H20O3. The molecule has 0 heterocycles. The summed E-state index contributed by atoms with van der Waals surface area (Å²) in [6.45, 7) is 3.65. The normalized spacial score (nSPS) is 35.9. The van der Waals surface area contributed by atoms with Gasteiger partial charge in [-0.15, -0.1) is 0 Å². The van der Waals surface area contributed by atoms with Gasteiger partial charge >= 0.3 is 0 Å². The Hall–Kier alpha value is -1.61. The molecule has 3 nitrogen and oxygen atoms in total. The fraction of sp³-hybridized carbons (Fsp3) is 0.471. The standard InChI is InChI=1S/C17H20O3/c1-10-8-12-9-14(15(10)16(18)17(12,2)19)11-4-6-13(20-3)7-5-11/h4-8,12,14-15,19H,9H2,1-3H3/t12?,14?,15-,17?/m1/s1. The number of ether oxygens (including phenoxy) is 1. The Morgan fingerprint density at radius 2 is 1.95 bits per heavy atom. The van der Waals surface area contributed by atoms with Gasteiger partial charge in [-0.1, -0.05) is 23.8 Å². The number of ketones is 1. The molecule has 1 saturated carbocycles. The minimum atomic E-state index is -1.20. The number of fused-ring (bicyclic) bond motifs is 2. The Kier molecular flexibility index (Phi) is 2.98. The zero-order valence-corrected chi connectivity index (χ0v) is 12.1. The number of aliphatic hydroxyl groups is 1. The van der Waals surface area contributed by atoms with Crippen LogP contribution in [0.3, 0.4) is 0 Å². The van der Waals surface area contributed by atoms with E-state index in [2.05, 4.69) is 6.08 Å². The van der Waals surface area contributed by atoms with Crippen LogP contribution in [0.4, 0.5) is 0 Å². The van der Waals surface area contributed by atoms with Crippen LogP contribution < -0.4 is 4.74 Å². The second kappa shape index (κ2) is 4.45. The predicted molar refractivity (Wildman–Crippen MR) is 76.7 cm³/mol. The monoisotopic (exact) mass is 272 g/mol. The van der Waals surface area contributed by atoms with E-state index in [9.17, 15) is 9.90 Å². The molecule has 4 atom stereocenters. The van der Waals surface area contributed by atoms with Crippen molar-refractivity contribution >= 4 is 5.78 Å². The van der Waals surface area contributed by atoms with E-state index in [1.807, 2.05) is 31.2 Å². The Morgan fingerprint density at radius 3 is 2.50 bits per heavy atom. The molecule has 0 aromatic heterocycles. The van der Waals surface area contributed by atoms with Gasteiger partial charge in [-0.25, -0.2) is 0 Å². The Balaban J connectivity index is 1.97. The number of rotatable bonds is 2. The van der Waals surface area contributed by atoms with Gasteiger partial charge in [-0.05, 0) is 43.9 Å². The highest BCUT2D eigenvalue weighted by atomic mass is 16.5. The van der Waals surface area contributed by atoms with Crippen LogP contribution >= 0.6 is 0 Å². The second-order valence-corrected chi connectivity index (χ2v) is 6.12. The molecule has 2 bridgehead atoms. The van der Waals surface area contributed by atoms with Crippen LogP contribution in [0.5, 0.6) is 5.75 Å². The maximum Gasteiger partial charge on any atom is 0.172 e. The third-order valence-corrected chi connectivity index (χ3v) is 4.91. The minimum absolute atomic E-state index is 0.0328. The number of methoxy groups -OCH3 is 1. The molecule has 0 aliphatic heterocycles. The summed E-state index contributed by atoms with van der Waals surface area (Å²) in [7, 11) is 1.64. The highest BCUT2D eigenvalue weighted by molar-refractivity contribution is 5.94. The van der Waals surface area contributed by atoms with Gasteiger partial charge in [0.1, 0.15) is 11.4 Å². The molecule has 0 amide bonds. The Labute approximate surface area is 119 Å². The third kappa shape index (κ3) is 1.80. The number of benzene rings is 1. The highest BCUT2D eigenvalue weighted by Gasteiger charge is 2.53. The van der Waals surface area contributed by atoms with E-state index in [0.29, 0.717) is 0 Å². The fourth-order valence-corrected chi connectivity index (χ4v) is 3.67. The van der Waals surface area contributed by atoms with Crippen molar-refractivity contribution in [2.24, 2.45) is 11.8 Å². The lowest BCUT2D eigenvalue weighted by Crippen LogP contribution is -2.55. The summed E-state index contributed by atoms with van der Waals surface area (Å²) in [6.07, 6.45) is 2.90. The Morgan fingerprint density at radius 1 is 1.30 bits per heavy atom. The molecule has 4 rings (SSSR count). The first-order chi connectivity index (χ1) is 9.45. The molecule has 0 saturated heterocycles. The van der Waals surface area contributed by atoms with Gasteiger partial charge in [0.05, 0.1) is 7.11 Å². The van der Waals surface area contributed by atoms with Crippen LogP contribution in [0.2, 0.25) is 0 Å². The molecule has 0 spiro atoms. The minimum Gasteiger partial charge on any atom is -0.497 e. The lowest BCUT2D eigenvalue weighted by Gasteiger charge is -2.48. The predicted octanol–water partition coefficient (Wildman–Crippen LogP) is 2.69. The lowest BCUT2D eigenvalue weighted by atomic mass is 9.57. The number of allylic oxidation sites excluding steroid dienone is 1. The molecule has 1 fully saturated rings. The van der Waals surface area contributed by atoms with Gasteiger partial charge in [0.25, 0.3) is 0 Å². The molecule has 3 aliphatic carbocycles. The molecule has 1 N–H and O–H groups in total.